The summed E-state index contributed by atoms with van der Waals surface area (Å²) in [7, 11) is 0. The lowest BCUT2D eigenvalue weighted by Gasteiger charge is -2.11. The summed E-state index contributed by atoms with van der Waals surface area (Å²) in [5, 5.41) is 3.18. The number of aromatic nitrogens is 1. The number of carbonyl (C=O) groups excluding carboxylic acids is 1. The summed E-state index contributed by atoms with van der Waals surface area (Å²) >= 11 is 7.34. The summed E-state index contributed by atoms with van der Waals surface area (Å²) < 4.78 is 0. The Labute approximate surface area is 127 Å². The van der Waals surface area contributed by atoms with Crippen LogP contribution in [-0.2, 0) is 10.5 Å². The number of nitrogens with one attached hydrogen (secondary N) is 1. The van der Waals surface area contributed by atoms with Gasteiger partial charge in [-0.1, -0.05) is 41.9 Å². The lowest BCUT2D eigenvalue weighted by molar-refractivity contribution is -0.115. The molecule has 0 spiro atoms. The van der Waals surface area contributed by atoms with Crippen LogP contribution in [0.5, 0.6) is 0 Å². The Morgan fingerprint density at radius 2 is 2.05 bits per heavy atom. The van der Waals surface area contributed by atoms with Crippen LogP contribution in [0.1, 0.15) is 12.5 Å². The van der Waals surface area contributed by atoms with Crippen molar-refractivity contribution in [2.75, 3.05) is 5.32 Å². The molecule has 0 unspecified atom stereocenters. The van der Waals surface area contributed by atoms with Crippen molar-refractivity contribution in [1.82, 2.24) is 4.98 Å². The molecule has 1 aromatic heterocycles. The molecule has 1 amide bonds. The number of hydrogen-bond acceptors (Lipinski definition) is 3. The fraction of sp³-hybridized carbons (Fsp3) is 0.200. The van der Waals surface area contributed by atoms with Gasteiger partial charge in [-0.3, -0.25) is 4.79 Å². The molecule has 2 rings (SSSR count). The van der Waals surface area contributed by atoms with E-state index in [1.807, 2.05) is 25.1 Å². The van der Waals surface area contributed by atoms with Crippen molar-refractivity contribution >= 4 is 35.1 Å². The first-order chi connectivity index (χ1) is 9.65. The quantitative estimate of drug-likeness (QED) is 0.908. The molecule has 0 saturated heterocycles. The number of nitrogens with zero attached hydrogens (tertiary/aromatic N) is 1. The van der Waals surface area contributed by atoms with Crippen molar-refractivity contribution in [2.24, 2.45) is 0 Å². The smallest absolute Gasteiger partial charge is 0.238 e. The number of carbonyl (C=O) groups is 1. The summed E-state index contributed by atoms with van der Waals surface area (Å²) in [5.74, 6) is 1.27. The molecule has 3 nitrogen and oxygen atoms in total. The summed E-state index contributed by atoms with van der Waals surface area (Å²) in [5.41, 5.74) is 1.21. The molecule has 1 N–H and O–H groups in total. The van der Waals surface area contributed by atoms with Gasteiger partial charge in [0, 0.05) is 11.9 Å². The Hall–Kier alpha value is -1.52. The minimum atomic E-state index is -0.146. The molecule has 0 aliphatic heterocycles. The second-order valence-corrected chi connectivity index (χ2v) is 6.06. The number of hydrogen-bond donors (Lipinski definition) is 1. The van der Waals surface area contributed by atoms with Crippen LogP contribution >= 0.6 is 23.4 Å². The second kappa shape index (κ2) is 7.31. The average molecular weight is 307 g/mol. The van der Waals surface area contributed by atoms with Crippen LogP contribution in [0.3, 0.4) is 0 Å². The Morgan fingerprint density at radius 3 is 2.70 bits per heavy atom. The molecule has 0 bridgehead atoms. The molecular weight excluding hydrogens is 292 g/mol. The van der Waals surface area contributed by atoms with Crippen LogP contribution in [0.25, 0.3) is 0 Å². The van der Waals surface area contributed by atoms with Crippen molar-refractivity contribution in [3.63, 3.8) is 0 Å². The van der Waals surface area contributed by atoms with Crippen LogP contribution in [0, 0.1) is 0 Å². The van der Waals surface area contributed by atoms with Gasteiger partial charge in [-0.2, -0.15) is 0 Å². The van der Waals surface area contributed by atoms with Crippen LogP contribution in [0.15, 0.2) is 48.7 Å². The van der Waals surface area contributed by atoms with E-state index in [1.165, 1.54) is 11.8 Å². The van der Waals surface area contributed by atoms with Gasteiger partial charge in [0.05, 0.1) is 10.3 Å². The minimum absolute atomic E-state index is 0.0549. The number of pyridine rings is 1. The third-order valence-corrected chi connectivity index (χ3v) is 4.13. The van der Waals surface area contributed by atoms with E-state index in [4.69, 9.17) is 11.6 Å². The molecule has 1 aromatic carbocycles. The fourth-order valence-corrected chi connectivity index (χ4v) is 2.51. The topological polar surface area (TPSA) is 42.0 Å². The number of anilines is 1. The van der Waals surface area contributed by atoms with Gasteiger partial charge in [-0.25, -0.2) is 4.98 Å². The molecule has 0 aliphatic rings. The van der Waals surface area contributed by atoms with Gasteiger partial charge in [0.25, 0.3) is 0 Å². The number of rotatable bonds is 5. The van der Waals surface area contributed by atoms with Crippen molar-refractivity contribution in [3.8, 4) is 0 Å². The van der Waals surface area contributed by atoms with Gasteiger partial charge in [0.1, 0.15) is 5.82 Å². The van der Waals surface area contributed by atoms with E-state index >= 15 is 0 Å². The molecule has 20 heavy (non-hydrogen) atoms. The zero-order chi connectivity index (χ0) is 14.4. The summed E-state index contributed by atoms with van der Waals surface area (Å²) in [6.07, 6.45) is 1.51. The van der Waals surface area contributed by atoms with Crippen molar-refractivity contribution in [1.29, 1.82) is 0 Å². The summed E-state index contributed by atoms with van der Waals surface area (Å²) in [4.78, 5) is 16.1. The molecule has 1 atom stereocenters. The predicted molar refractivity (Wildman–Crippen MR) is 85.1 cm³/mol. The highest BCUT2D eigenvalue weighted by molar-refractivity contribution is 7.99. The maximum absolute atomic E-state index is 12.0. The molecular formula is C15H15ClN2OS. The second-order valence-electron chi connectivity index (χ2n) is 4.29. The van der Waals surface area contributed by atoms with E-state index in [0.29, 0.717) is 10.8 Å². The first kappa shape index (κ1) is 14.9. The van der Waals surface area contributed by atoms with E-state index < -0.39 is 0 Å². The highest BCUT2D eigenvalue weighted by Gasteiger charge is 2.14. The first-order valence-electron chi connectivity index (χ1n) is 6.23. The summed E-state index contributed by atoms with van der Waals surface area (Å²) in [6.45, 7) is 1.89. The van der Waals surface area contributed by atoms with Crippen LogP contribution in [0.4, 0.5) is 5.82 Å². The first-order valence-corrected chi connectivity index (χ1v) is 7.66. The number of thioether (sulfide) groups is 1. The standard InChI is InChI=1S/C15H15ClN2OS/c1-11(20-10-12-5-3-2-4-6-12)15(19)18-14-8-7-13(16)9-17-14/h2-9,11H,10H2,1H3,(H,17,18,19)/t11-/m1/s1. The third-order valence-electron chi connectivity index (χ3n) is 2.69. The SMILES string of the molecule is C[C@@H](SCc1ccccc1)C(=O)Nc1ccc(Cl)cn1. The van der Waals surface area contributed by atoms with E-state index in [-0.39, 0.29) is 11.2 Å². The monoisotopic (exact) mass is 306 g/mol. The van der Waals surface area contributed by atoms with Crippen LogP contribution in [0.2, 0.25) is 5.02 Å². The van der Waals surface area contributed by atoms with E-state index in [2.05, 4.69) is 22.4 Å². The lowest BCUT2D eigenvalue weighted by atomic mass is 10.2. The molecule has 2 aromatic rings. The Kier molecular flexibility index (Phi) is 5.44. The lowest BCUT2D eigenvalue weighted by Crippen LogP contribution is -2.23. The van der Waals surface area contributed by atoms with Gasteiger partial charge < -0.3 is 5.32 Å². The normalized spacial score (nSPS) is 11.9. The Balaban J connectivity index is 1.84. The van der Waals surface area contributed by atoms with Crippen molar-refractivity contribution in [3.05, 3.63) is 59.2 Å². The average Bonchev–Trinajstić information content (AvgIpc) is 2.48. The van der Waals surface area contributed by atoms with E-state index in [0.717, 1.165) is 5.75 Å². The van der Waals surface area contributed by atoms with E-state index in [9.17, 15) is 4.79 Å². The van der Waals surface area contributed by atoms with Crippen molar-refractivity contribution < 1.29 is 4.79 Å². The van der Waals surface area contributed by atoms with Crippen LogP contribution in [-0.4, -0.2) is 16.1 Å². The zero-order valence-electron chi connectivity index (χ0n) is 11.0. The Bertz CT molecular complexity index is 560. The van der Waals surface area contributed by atoms with Gasteiger partial charge in [-0.05, 0) is 24.6 Å². The summed E-state index contributed by atoms with van der Waals surface area (Å²) in [6, 6.07) is 13.5. The van der Waals surface area contributed by atoms with Gasteiger partial charge in [-0.15, -0.1) is 11.8 Å². The van der Waals surface area contributed by atoms with Crippen molar-refractivity contribution in [2.45, 2.75) is 17.9 Å². The van der Waals surface area contributed by atoms with Gasteiger partial charge >= 0.3 is 0 Å². The largest absolute Gasteiger partial charge is 0.310 e. The third kappa shape index (κ3) is 4.54. The fourth-order valence-electron chi connectivity index (χ4n) is 1.55. The Morgan fingerprint density at radius 1 is 1.30 bits per heavy atom. The van der Waals surface area contributed by atoms with Gasteiger partial charge in [0.15, 0.2) is 0 Å². The minimum Gasteiger partial charge on any atom is -0.310 e. The van der Waals surface area contributed by atoms with Crippen LogP contribution < -0.4 is 5.32 Å². The number of benzene rings is 1. The maximum Gasteiger partial charge on any atom is 0.238 e. The molecule has 0 radical (unpaired) electrons. The number of halogens is 1. The molecule has 0 saturated carbocycles. The van der Waals surface area contributed by atoms with E-state index in [1.54, 1.807) is 23.9 Å². The zero-order valence-corrected chi connectivity index (χ0v) is 12.6. The maximum atomic E-state index is 12.0. The molecule has 0 aliphatic carbocycles. The number of amides is 1. The molecule has 104 valence electrons. The predicted octanol–water partition coefficient (Wildman–Crippen LogP) is 4.00. The highest BCUT2D eigenvalue weighted by atomic mass is 35.5. The van der Waals surface area contributed by atoms with Gasteiger partial charge in [0.2, 0.25) is 5.91 Å². The molecule has 5 heteroatoms. The molecule has 0 fully saturated rings. The molecule has 1 heterocycles. The highest BCUT2D eigenvalue weighted by Crippen LogP contribution is 2.19.